The molecule has 2 aliphatic rings. The minimum Gasteiger partial charge on any atom is -0.355 e. The molecule has 0 aliphatic carbocycles. The van der Waals surface area contributed by atoms with Crippen molar-refractivity contribution in [2.45, 2.75) is 32.6 Å². The highest BCUT2D eigenvalue weighted by molar-refractivity contribution is 7.89. The summed E-state index contributed by atoms with van der Waals surface area (Å²) in [5.74, 6) is 1.22. The summed E-state index contributed by atoms with van der Waals surface area (Å²) in [6.07, 6.45) is 3.60. The molecule has 0 bridgehead atoms. The first kappa shape index (κ1) is 16.7. The second-order valence-electron chi connectivity index (χ2n) is 6.21. The third-order valence-corrected chi connectivity index (χ3v) is 6.49. The molecule has 2 heterocycles. The topological polar surface area (TPSA) is 78.5 Å². The summed E-state index contributed by atoms with van der Waals surface area (Å²) in [4.78, 5) is 11.9. The van der Waals surface area contributed by atoms with Crippen molar-refractivity contribution in [3.63, 3.8) is 0 Å². The first-order valence-corrected chi connectivity index (χ1v) is 9.55. The molecule has 0 spiro atoms. The third-order valence-electron chi connectivity index (χ3n) is 4.53. The van der Waals surface area contributed by atoms with Crippen LogP contribution in [-0.4, -0.2) is 57.1 Å². The zero-order valence-electron chi connectivity index (χ0n) is 12.8. The van der Waals surface area contributed by atoms with E-state index in [2.05, 4.69) is 17.6 Å². The SMILES string of the molecule is CC(CC(=O)NCCN1CCCS1(=O)=O)C1CCCNC1. The van der Waals surface area contributed by atoms with E-state index in [-0.39, 0.29) is 11.7 Å². The number of amides is 1. The Labute approximate surface area is 127 Å². The first-order chi connectivity index (χ1) is 9.99. The molecule has 0 aromatic rings. The summed E-state index contributed by atoms with van der Waals surface area (Å²) >= 11 is 0. The summed E-state index contributed by atoms with van der Waals surface area (Å²) in [6.45, 7) is 5.60. The maximum absolute atomic E-state index is 11.9. The van der Waals surface area contributed by atoms with Crippen LogP contribution in [0.25, 0.3) is 0 Å². The second kappa shape index (κ2) is 7.56. The molecule has 21 heavy (non-hydrogen) atoms. The Balaban J connectivity index is 1.65. The van der Waals surface area contributed by atoms with Crippen molar-refractivity contribution in [3.8, 4) is 0 Å². The molecule has 2 N–H and O–H groups in total. The molecule has 2 rings (SSSR count). The van der Waals surface area contributed by atoms with Crippen LogP contribution in [0.1, 0.15) is 32.6 Å². The molecule has 122 valence electrons. The van der Waals surface area contributed by atoms with E-state index in [0.29, 0.717) is 44.3 Å². The fourth-order valence-corrected chi connectivity index (χ4v) is 4.69. The van der Waals surface area contributed by atoms with Crippen LogP contribution in [0.4, 0.5) is 0 Å². The van der Waals surface area contributed by atoms with Crippen LogP contribution in [0.3, 0.4) is 0 Å². The predicted octanol–water partition coefficient (Wildman–Crippen LogP) is 0.164. The molecule has 0 aromatic heterocycles. The van der Waals surface area contributed by atoms with Crippen LogP contribution in [0.15, 0.2) is 0 Å². The van der Waals surface area contributed by atoms with Crippen molar-refractivity contribution in [2.24, 2.45) is 11.8 Å². The quantitative estimate of drug-likeness (QED) is 0.732. The molecule has 2 unspecified atom stereocenters. The van der Waals surface area contributed by atoms with Crippen molar-refractivity contribution in [3.05, 3.63) is 0 Å². The van der Waals surface area contributed by atoms with E-state index in [9.17, 15) is 13.2 Å². The van der Waals surface area contributed by atoms with Gasteiger partial charge in [-0.15, -0.1) is 0 Å². The molecule has 2 fully saturated rings. The number of sulfonamides is 1. The lowest BCUT2D eigenvalue weighted by Gasteiger charge is -2.28. The van der Waals surface area contributed by atoms with Crippen LogP contribution in [0.5, 0.6) is 0 Å². The summed E-state index contributed by atoms with van der Waals surface area (Å²) < 4.78 is 24.7. The number of hydrogen-bond acceptors (Lipinski definition) is 4. The summed E-state index contributed by atoms with van der Waals surface area (Å²) in [7, 11) is -3.05. The standard InChI is InChI=1S/C14H27N3O3S/c1-12(13-4-2-5-15-11-13)10-14(18)16-6-8-17-7-3-9-21(17,19)20/h12-13,15H,2-11H2,1H3,(H,16,18). The van der Waals surface area contributed by atoms with Gasteiger partial charge in [0.2, 0.25) is 15.9 Å². The third kappa shape index (κ3) is 4.93. The lowest BCUT2D eigenvalue weighted by molar-refractivity contribution is -0.122. The van der Waals surface area contributed by atoms with Crippen molar-refractivity contribution in [1.82, 2.24) is 14.9 Å². The molecular weight excluding hydrogens is 290 g/mol. The van der Waals surface area contributed by atoms with E-state index in [4.69, 9.17) is 0 Å². The highest BCUT2D eigenvalue weighted by Gasteiger charge is 2.27. The predicted molar refractivity (Wildman–Crippen MR) is 82.4 cm³/mol. The Kier molecular flexibility index (Phi) is 6.01. The monoisotopic (exact) mass is 317 g/mol. The van der Waals surface area contributed by atoms with E-state index >= 15 is 0 Å². The number of carbonyl (C=O) groups excluding carboxylic acids is 1. The van der Waals surface area contributed by atoms with Gasteiger partial charge in [0.05, 0.1) is 5.75 Å². The molecule has 0 saturated carbocycles. The molecule has 0 radical (unpaired) electrons. The number of nitrogens with one attached hydrogen (secondary N) is 2. The van der Waals surface area contributed by atoms with Gasteiger partial charge >= 0.3 is 0 Å². The van der Waals surface area contributed by atoms with Gasteiger partial charge in [-0.2, -0.15) is 0 Å². The normalized spacial score (nSPS) is 27.4. The number of nitrogens with zero attached hydrogens (tertiary/aromatic N) is 1. The van der Waals surface area contributed by atoms with Crippen LogP contribution in [0.2, 0.25) is 0 Å². The molecule has 0 aromatic carbocycles. The summed E-state index contributed by atoms with van der Waals surface area (Å²) in [5, 5.41) is 6.23. The van der Waals surface area contributed by atoms with Gasteiger partial charge in [-0.05, 0) is 44.2 Å². The molecule has 1 amide bonds. The zero-order chi connectivity index (χ0) is 15.3. The van der Waals surface area contributed by atoms with E-state index in [1.165, 1.54) is 17.1 Å². The summed E-state index contributed by atoms with van der Waals surface area (Å²) in [5.41, 5.74) is 0. The van der Waals surface area contributed by atoms with Gasteiger partial charge in [0.15, 0.2) is 0 Å². The number of rotatable bonds is 6. The van der Waals surface area contributed by atoms with Gasteiger partial charge in [0.1, 0.15) is 0 Å². The van der Waals surface area contributed by atoms with Gasteiger partial charge in [0, 0.05) is 26.1 Å². The fourth-order valence-electron chi connectivity index (χ4n) is 3.16. The smallest absolute Gasteiger partial charge is 0.220 e. The maximum Gasteiger partial charge on any atom is 0.220 e. The second-order valence-corrected chi connectivity index (χ2v) is 8.29. The van der Waals surface area contributed by atoms with Crippen LogP contribution in [-0.2, 0) is 14.8 Å². The maximum atomic E-state index is 11.9. The number of piperidine rings is 1. The average Bonchev–Trinajstić information content (AvgIpc) is 2.79. The van der Waals surface area contributed by atoms with Gasteiger partial charge in [0.25, 0.3) is 0 Å². The fraction of sp³-hybridized carbons (Fsp3) is 0.929. The minimum atomic E-state index is -3.05. The van der Waals surface area contributed by atoms with Crippen molar-refractivity contribution in [2.75, 3.05) is 38.5 Å². The highest BCUT2D eigenvalue weighted by atomic mass is 32.2. The Morgan fingerprint density at radius 3 is 2.86 bits per heavy atom. The Bertz CT molecular complexity index is 446. The van der Waals surface area contributed by atoms with Gasteiger partial charge in [-0.3, -0.25) is 4.79 Å². The van der Waals surface area contributed by atoms with Crippen molar-refractivity contribution in [1.29, 1.82) is 0 Å². The Hall–Kier alpha value is -0.660. The lowest BCUT2D eigenvalue weighted by atomic mass is 9.85. The molecule has 7 heteroatoms. The molecule has 2 atom stereocenters. The number of carbonyl (C=O) groups is 1. The molecule has 6 nitrogen and oxygen atoms in total. The first-order valence-electron chi connectivity index (χ1n) is 7.94. The Morgan fingerprint density at radius 2 is 2.24 bits per heavy atom. The van der Waals surface area contributed by atoms with Gasteiger partial charge in [-0.1, -0.05) is 6.92 Å². The van der Waals surface area contributed by atoms with E-state index in [0.717, 1.165) is 13.1 Å². The summed E-state index contributed by atoms with van der Waals surface area (Å²) in [6, 6.07) is 0. The number of hydrogen-bond donors (Lipinski definition) is 2. The van der Waals surface area contributed by atoms with E-state index < -0.39 is 10.0 Å². The Morgan fingerprint density at radius 1 is 1.43 bits per heavy atom. The van der Waals surface area contributed by atoms with E-state index in [1.807, 2.05) is 0 Å². The van der Waals surface area contributed by atoms with Crippen LogP contribution in [0, 0.1) is 11.8 Å². The van der Waals surface area contributed by atoms with Crippen LogP contribution >= 0.6 is 0 Å². The molecule has 2 aliphatic heterocycles. The molecule has 2 saturated heterocycles. The minimum absolute atomic E-state index is 0.0321. The van der Waals surface area contributed by atoms with Gasteiger partial charge < -0.3 is 10.6 Å². The van der Waals surface area contributed by atoms with Gasteiger partial charge in [-0.25, -0.2) is 12.7 Å². The van der Waals surface area contributed by atoms with E-state index in [1.54, 1.807) is 0 Å². The average molecular weight is 317 g/mol. The zero-order valence-corrected chi connectivity index (χ0v) is 13.6. The van der Waals surface area contributed by atoms with Crippen LogP contribution < -0.4 is 10.6 Å². The molecular formula is C14H27N3O3S. The van der Waals surface area contributed by atoms with Crippen molar-refractivity contribution < 1.29 is 13.2 Å². The van der Waals surface area contributed by atoms with Crippen molar-refractivity contribution >= 4 is 15.9 Å². The largest absolute Gasteiger partial charge is 0.355 e. The lowest BCUT2D eigenvalue weighted by Crippen LogP contribution is -2.38. The highest BCUT2D eigenvalue weighted by Crippen LogP contribution is 2.22.